The molecule has 0 saturated heterocycles. The van der Waals surface area contributed by atoms with E-state index in [-0.39, 0.29) is 5.78 Å². The van der Waals surface area contributed by atoms with Gasteiger partial charge in [-0.15, -0.1) is 11.8 Å². The standard InChI is InChI=1S/C17H18O2S/c1-12-4-6-14(7-5-12)17(18)13(2)19-15-8-10-16(20-3)11-9-15/h4-11,13H,1-3H3. The monoisotopic (exact) mass is 286 g/mol. The van der Waals surface area contributed by atoms with Crippen molar-refractivity contribution < 1.29 is 9.53 Å². The van der Waals surface area contributed by atoms with Crippen molar-refractivity contribution in [2.45, 2.75) is 24.8 Å². The van der Waals surface area contributed by atoms with E-state index in [0.29, 0.717) is 5.56 Å². The zero-order valence-corrected chi connectivity index (χ0v) is 12.7. The van der Waals surface area contributed by atoms with E-state index in [0.717, 1.165) is 11.3 Å². The summed E-state index contributed by atoms with van der Waals surface area (Å²) in [5, 5.41) is 0. The molecular formula is C17H18O2S. The Bertz CT molecular complexity index is 573. The zero-order chi connectivity index (χ0) is 14.5. The van der Waals surface area contributed by atoms with Crippen molar-refractivity contribution in [2.24, 2.45) is 0 Å². The molecule has 0 aliphatic heterocycles. The number of hydrogen-bond donors (Lipinski definition) is 0. The van der Waals surface area contributed by atoms with Crippen LogP contribution in [-0.4, -0.2) is 18.1 Å². The Balaban J connectivity index is 2.04. The van der Waals surface area contributed by atoms with Gasteiger partial charge in [-0.05, 0) is 44.4 Å². The van der Waals surface area contributed by atoms with Gasteiger partial charge in [0.15, 0.2) is 6.10 Å². The van der Waals surface area contributed by atoms with E-state index in [1.807, 2.05) is 61.7 Å². The third-order valence-electron chi connectivity index (χ3n) is 3.08. The van der Waals surface area contributed by atoms with Crippen LogP contribution >= 0.6 is 11.8 Å². The van der Waals surface area contributed by atoms with Gasteiger partial charge in [0.25, 0.3) is 0 Å². The number of rotatable bonds is 5. The van der Waals surface area contributed by atoms with Crippen molar-refractivity contribution >= 4 is 17.5 Å². The maximum Gasteiger partial charge on any atom is 0.202 e. The maximum atomic E-state index is 12.3. The van der Waals surface area contributed by atoms with Crippen molar-refractivity contribution in [1.29, 1.82) is 0 Å². The fourth-order valence-corrected chi connectivity index (χ4v) is 2.27. The van der Waals surface area contributed by atoms with Crippen LogP contribution in [0.25, 0.3) is 0 Å². The fraction of sp³-hybridized carbons (Fsp3) is 0.235. The number of carbonyl (C=O) groups is 1. The molecule has 2 rings (SSSR count). The molecule has 0 fully saturated rings. The van der Waals surface area contributed by atoms with Gasteiger partial charge in [-0.2, -0.15) is 0 Å². The molecule has 0 saturated carbocycles. The van der Waals surface area contributed by atoms with Gasteiger partial charge in [-0.1, -0.05) is 29.8 Å². The fourth-order valence-electron chi connectivity index (χ4n) is 1.86. The van der Waals surface area contributed by atoms with Gasteiger partial charge in [0.2, 0.25) is 5.78 Å². The van der Waals surface area contributed by atoms with E-state index in [4.69, 9.17) is 4.74 Å². The quantitative estimate of drug-likeness (QED) is 0.603. The number of benzene rings is 2. The van der Waals surface area contributed by atoms with Gasteiger partial charge in [-0.3, -0.25) is 4.79 Å². The van der Waals surface area contributed by atoms with Crippen LogP contribution in [0.5, 0.6) is 5.75 Å². The van der Waals surface area contributed by atoms with Gasteiger partial charge >= 0.3 is 0 Å². The van der Waals surface area contributed by atoms with Gasteiger partial charge < -0.3 is 4.74 Å². The molecule has 0 aliphatic carbocycles. The summed E-state index contributed by atoms with van der Waals surface area (Å²) in [6.45, 7) is 3.78. The van der Waals surface area contributed by atoms with Crippen molar-refractivity contribution in [3.63, 3.8) is 0 Å². The minimum absolute atomic E-state index is 0.000979. The summed E-state index contributed by atoms with van der Waals surface area (Å²) in [5.74, 6) is 0.717. The molecule has 2 aromatic carbocycles. The first kappa shape index (κ1) is 14.7. The molecule has 0 N–H and O–H groups in total. The van der Waals surface area contributed by atoms with Gasteiger partial charge in [0, 0.05) is 10.5 Å². The van der Waals surface area contributed by atoms with Gasteiger partial charge in [-0.25, -0.2) is 0 Å². The number of carbonyl (C=O) groups excluding carboxylic acids is 1. The van der Waals surface area contributed by atoms with E-state index in [2.05, 4.69) is 0 Å². The van der Waals surface area contributed by atoms with Crippen LogP contribution in [0, 0.1) is 6.92 Å². The number of ether oxygens (including phenoxy) is 1. The van der Waals surface area contributed by atoms with Crippen molar-refractivity contribution in [3.05, 3.63) is 59.7 Å². The van der Waals surface area contributed by atoms with E-state index in [9.17, 15) is 4.79 Å². The second-order valence-electron chi connectivity index (χ2n) is 4.67. The molecule has 104 valence electrons. The smallest absolute Gasteiger partial charge is 0.202 e. The van der Waals surface area contributed by atoms with Crippen LogP contribution in [0.15, 0.2) is 53.4 Å². The second kappa shape index (κ2) is 6.62. The maximum absolute atomic E-state index is 12.3. The number of Topliss-reactive ketones (excluding diaryl/α,β-unsaturated/α-hetero) is 1. The third kappa shape index (κ3) is 3.64. The molecule has 0 amide bonds. The van der Waals surface area contributed by atoms with Crippen LogP contribution < -0.4 is 4.74 Å². The average Bonchev–Trinajstić information content (AvgIpc) is 2.48. The SMILES string of the molecule is CSc1ccc(OC(C)C(=O)c2ccc(C)cc2)cc1. The lowest BCUT2D eigenvalue weighted by Gasteiger charge is -2.14. The highest BCUT2D eigenvalue weighted by Crippen LogP contribution is 2.20. The first-order valence-electron chi connectivity index (χ1n) is 6.52. The van der Waals surface area contributed by atoms with Crippen molar-refractivity contribution in [2.75, 3.05) is 6.26 Å². The Morgan fingerprint density at radius 3 is 2.20 bits per heavy atom. The van der Waals surface area contributed by atoms with Crippen LogP contribution in [-0.2, 0) is 0 Å². The Labute approximate surface area is 124 Å². The number of hydrogen-bond acceptors (Lipinski definition) is 3. The minimum Gasteiger partial charge on any atom is -0.483 e. The molecule has 0 spiro atoms. The Morgan fingerprint density at radius 2 is 1.65 bits per heavy atom. The summed E-state index contributed by atoms with van der Waals surface area (Å²) in [5.41, 5.74) is 1.83. The van der Waals surface area contributed by atoms with Crippen molar-refractivity contribution in [3.8, 4) is 5.75 Å². The molecule has 0 aromatic heterocycles. The summed E-state index contributed by atoms with van der Waals surface area (Å²) in [6, 6.07) is 15.3. The number of ketones is 1. The summed E-state index contributed by atoms with van der Waals surface area (Å²) in [6.07, 6.45) is 1.54. The van der Waals surface area contributed by atoms with E-state index in [1.54, 1.807) is 18.7 Å². The average molecular weight is 286 g/mol. The van der Waals surface area contributed by atoms with Gasteiger partial charge in [0.1, 0.15) is 5.75 Å². The van der Waals surface area contributed by atoms with Crippen LogP contribution in [0.3, 0.4) is 0 Å². The zero-order valence-electron chi connectivity index (χ0n) is 11.9. The molecule has 0 radical (unpaired) electrons. The summed E-state index contributed by atoms with van der Waals surface area (Å²) in [7, 11) is 0. The lowest BCUT2D eigenvalue weighted by atomic mass is 10.1. The largest absolute Gasteiger partial charge is 0.483 e. The summed E-state index contributed by atoms with van der Waals surface area (Å²) >= 11 is 1.68. The van der Waals surface area contributed by atoms with Crippen molar-refractivity contribution in [1.82, 2.24) is 0 Å². The van der Waals surface area contributed by atoms with Gasteiger partial charge in [0.05, 0.1) is 0 Å². The molecular weight excluding hydrogens is 268 g/mol. The molecule has 0 aliphatic rings. The van der Waals surface area contributed by atoms with E-state index in [1.165, 1.54) is 4.90 Å². The summed E-state index contributed by atoms with van der Waals surface area (Å²) < 4.78 is 5.70. The first-order valence-corrected chi connectivity index (χ1v) is 7.74. The molecule has 2 aromatic rings. The third-order valence-corrected chi connectivity index (χ3v) is 3.82. The second-order valence-corrected chi connectivity index (χ2v) is 5.55. The normalized spacial score (nSPS) is 11.9. The first-order chi connectivity index (χ1) is 9.60. The molecule has 2 nitrogen and oxygen atoms in total. The highest BCUT2D eigenvalue weighted by atomic mass is 32.2. The predicted octanol–water partition coefficient (Wildman–Crippen LogP) is 4.37. The van der Waals surface area contributed by atoms with E-state index < -0.39 is 6.10 Å². The topological polar surface area (TPSA) is 26.3 Å². The predicted molar refractivity (Wildman–Crippen MR) is 83.8 cm³/mol. The summed E-state index contributed by atoms with van der Waals surface area (Å²) in [4.78, 5) is 13.4. The van der Waals surface area contributed by atoms with Crippen LogP contribution in [0.1, 0.15) is 22.8 Å². The Kier molecular flexibility index (Phi) is 4.85. The highest BCUT2D eigenvalue weighted by molar-refractivity contribution is 7.98. The number of aryl methyl sites for hydroxylation is 1. The Morgan fingerprint density at radius 1 is 1.05 bits per heavy atom. The molecule has 1 unspecified atom stereocenters. The lowest BCUT2D eigenvalue weighted by molar-refractivity contribution is 0.0818. The molecule has 0 heterocycles. The highest BCUT2D eigenvalue weighted by Gasteiger charge is 2.16. The lowest BCUT2D eigenvalue weighted by Crippen LogP contribution is -2.23. The number of thioether (sulfide) groups is 1. The minimum atomic E-state index is -0.488. The molecule has 3 heteroatoms. The Hall–Kier alpha value is -1.74. The molecule has 0 bridgehead atoms. The van der Waals surface area contributed by atoms with E-state index >= 15 is 0 Å². The van der Waals surface area contributed by atoms with Crippen LogP contribution in [0.4, 0.5) is 0 Å². The molecule has 1 atom stereocenters. The molecule has 20 heavy (non-hydrogen) atoms. The van der Waals surface area contributed by atoms with Crippen LogP contribution in [0.2, 0.25) is 0 Å².